The lowest BCUT2D eigenvalue weighted by molar-refractivity contribution is 0.102. The summed E-state index contributed by atoms with van der Waals surface area (Å²) in [4.78, 5) is 17.9. The topological polar surface area (TPSA) is 54.6 Å². The van der Waals surface area contributed by atoms with Gasteiger partial charge in [0, 0.05) is 11.1 Å². The number of rotatable bonds is 4. The molecule has 0 saturated carbocycles. The van der Waals surface area contributed by atoms with Crippen LogP contribution in [0.3, 0.4) is 0 Å². The molecule has 3 aromatic carbocycles. The minimum atomic E-state index is -0.248. The first-order valence-corrected chi connectivity index (χ1v) is 10.1. The van der Waals surface area contributed by atoms with E-state index in [2.05, 4.69) is 23.3 Å². The van der Waals surface area contributed by atoms with Gasteiger partial charge in [-0.2, -0.15) is 0 Å². The Kier molecular flexibility index (Phi) is 5.48. The van der Waals surface area contributed by atoms with Crippen LogP contribution in [0.25, 0.3) is 11.0 Å². The summed E-state index contributed by atoms with van der Waals surface area (Å²) in [6.45, 7) is 6.11. The van der Waals surface area contributed by atoms with E-state index in [1.165, 1.54) is 5.56 Å². The highest BCUT2D eigenvalue weighted by molar-refractivity contribution is 6.05. The highest BCUT2D eigenvalue weighted by Gasteiger charge is 2.14. The van der Waals surface area contributed by atoms with E-state index in [1.54, 1.807) is 0 Å². The molecule has 0 aliphatic rings. The van der Waals surface area contributed by atoms with Crippen LogP contribution < -0.4 is 10.9 Å². The van der Waals surface area contributed by atoms with E-state index >= 15 is 0 Å². The van der Waals surface area contributed by atoms with Gasteiger partial charge in [-0.25, -0.2) is 4.99 Å². The second-order valence-corrected chi connectivity index (χ2v) is 7.41. The fourth-order valence-corrected chi connectivity index (χ4v) is 3.42. The van der Waals surface area contributed by atoms with E-state index in [-0.39, 0.29) is 5.91 Å². The highest BCUT2D eigenvalue weighted by Crippen LogP contribution is 2.19. The van der Waals surface area contributed by atoms with E-state index in [0.29, 0.717) is 16.7 Å². The summed E-state index contributed by atoms with van der Waals surface area (Å²) in [5, 5.41) is 3.86. The Labute approximate surface area is 175 Å². The maximum absolute atomic E-state index is 13.2. The van der Waals surface area contributed by atoms with Gasteiger partial charge in [0.25, 0.3) is 5.91 Å². The van der Waals surface area contributed by atoms with Gasteiger partial charge in [0.15, 0.2) is 0 Å². The Morgan fingerprint density at radius 3 is 2.60 bits per heavy atom. The summed E-state index contributed by atoms with van der Waals surface area (Å²) >= 11 is 0. The second-order valence-electron chi connectivity index (χ2n) is 7.41. The van der Waals surface area contributed by atoms with Gasteiger partial charge in [0.2, 0.25) is 5.55 Å². The predicted molar refractivity (Wildman–Crippen MR) is 121 cm³/mol. The summed E-state index contributed by atoms with van der Waals surface area (Å²) in [5.74, 6) is -0.248. The largest absolute Gasteiger partial charge is 0.438 e. The fraction of sp³-hybridized carbons (Fsp3) is 0.154. The number of aryl methyl sites for hydroxylation is 3. The van der Waals surface area contributed by atoms with Gasteiger partial charge in [0.05, 0.1) is 5.69 Å². The van der Waals surface area contributed by atoms with Crippen molar-refractivity contribution in [3.05, 3.63) is 101 Å². The molecule has 0 radical (unpaired) electrons. The average molecular weight is 396 g/mol. The molecule has 4 rings (SSSR count). The fourth-order valence-electron chi connectivity index (χ4n) is 3.42. The van der Waals surface area contributed by atoms with Gasteiger partial charge in [0.1, 0.15) is 11.1 Å². The number of benzene rings is 3. The first-order valence-electron chi connectivity index (χ1n) is 10.1. The van der Waals surface area contributed by atoms with E-state index in [9.17, 15) is 4.79 Å². The number of para-hydroxylation sites is 1. The first kappa shape index (κ1) is 19.6. The zero-order valence-corrected chi connectivity index (χ0v) is 17.4. The molecule has 0 spiro atoms. The minimum absolute atomic E-state index is 0.248. The molecule has 0 aliphatic heterocycles. The van der Waals surface area contributed by atoms with Crippen molar-refractivity contribution in [2.24, 2.45) is 4.99 Å². The summed E-state index contributed by atoms with van der Waals surface area (Å²) in [6.07, 6.45) is 0.915. The smallest absolute Gasteiger partial charge is 0.261 e. The van der Waals surface area contributed by atoms with Crippen molar-refractivity contribution in [1.82, 2.24) is 0 Å². The molecule has 4 aromatic rings. The van der Waals surface area contributed by atoms with Gasteiger partial charge < -0.3 is 9.73 Å². The molecule has 1 amide bonds. The van der Waals surface area contributed by atoms with Crippen LogP contribution in [0.2, 0.25) is 0 Å². The van der Waals surface area contributed by atoms with E-state index < -0.39 is 0 Å². The van der Waals surface area contributed by atoms with Crippen LogP contribution in [0, 0.1) is 13.8 Å². The lowest BCUT2D eigenvalue weighted by atomic mass is 10.1. The van der Waals surface area contributed by atoms with Gasteiger partial charge in [-0.3, -0.25) is 4.79 Å². The number of hydrogen-bond donors (Lipinski definition) is 1. The molecule has 0 unspecified atom stereocenters. The third-order valence-corrected chi connectivity index (χ3v) is 5.08. The van der Waals surface area contributed by atoms with E-state index in [4.69, 9.17) is 4.42 Å². The van der Waals surface area contributed by atoms with Crippen LogP contribution in [-0.2, 0) is 6.42 Å². The van der Waals surface area contributed by atoms with Crippen molar-refractivity contribution in [1.29, 1.82) is 0 Å². The van der Waals surface area contributed by atoms with Crippen molar-refractivity contribution in [3.8, 4) is 0 Å². The molecule has 150 valence electrons. The normalized spacial score (nSPS) is 11.6. The number of nitrogens with one attached hydrogen (secondary N) is 1. The van der Waals surface area contributed by atoms with Crippen molar-refractivity contribution in [2.75, 3.05) is 5.32 Å². The van der Waals surface area contributed by atoms with Crippen LogP contribution in [0.5, 0.6) is 0 Å². The zero-order chi connectivity index (χ0) is 21.1. The average Bonchev–Trinajstić information content (AvgIpc) is 2.75. The third-order valence-electron chi connectivity index (χ3n) is 5.08. The van der Waals surface area contributed by atoms with E-state index in [0.717, 1.165) is 34.3 Å². The number of amides is 1. The maximum Gasteiger partial charge on any atom is 0.261 e. The monoisotopic (exact) mass is 396 g/mol. The summed E-state index contributed by atoms with van der Waals surface area (Å²) in [5.41, 5.74) is 6.25. The molecule has 0 bridgehead atoms. The molecule has 0 aliphatic carbocycles. The Bertz CT molecular complexity index is 1300. The third kappa shape index (κ3) is 4.18. The van der Waals surface area contributed by atoms with Crippen molar-refractivity contribution >= 4 is 28.3 Å². The molecular formula is C26H24N2O2. The number of nitrogens with zero attached hydrogens (tertiary/aromatic N) is 1. The van der Waals surface area contributed by atoms with Gasteiger partial charge in [-0.1, -0.05) is 55.0 Å². The lowest BCUT2D eigenvalue weighted by Crippen LogP contribution is -2.22. The van der Waals surface area contributed by atoms with Crippen LogP contribution in [0.15, 0.2) is 82.2 Å². The van der Waals surface area contributed by atoms with Crippen LogP contribution in [0.4, 0.5) is 11.4 Å². The summed E-state index contributed by atoms with van der Waals surface area (Å²) in [6, 6.07) is 23.4. The van der Waals surface area contributed by atoms with Gasteiger partial charge >= 0.3 is 0 Å². The Morgan fingerprint density at radius 1 is 0.967 bits per heavy atom. The molecular weight excluding hydrogens is 372 g/mol. The van der Waals surface area contributed by atoms with Gasteiger partial charge in [-0.05, 0) is 61.7 Å². The van der Waals surface area contributed by atoms with Gasteiger partial charge in [-0.15, -0.1) is 0 Å². The Morgan fingerprint density at radius 2 is 1.80 bits per heavy atom. The molecule has 1 heterocycles. The number of fused-ring (bicyclic) bond motifs is 1. The number of hydrogen-bond acceptors (Lipinski definition) is 3. The quantitative estimate of drug-likeness (QED) is 0.453. The standard InChI is InChI=1S/C26H24N2O2/c1-4-19-8-7-10-21(15-19)27-26-22(16-20-9-5-6-11-24(20)30-26)25(29)28-23-13-12-17(2)14-18(23)3/h5-16H,4H2,1-3H3,(H,28,29). The molecule has 0 fully saturated rings. The number of carbonyl (C=O) groups is 1. The Hall–Kier alpha value is -3.66. The van der Waals surface area contributed by atoms with Crippen molar-refractivity contribution < 1.29 is 9.21 Å². The molecule has 1 N–H and O–H groups in total. The van der Waals surface area contributed by atoms with Crippen LogP contribution in [-0.4, -0.2) is 5.91 Å². The second kappa shape index (κ2) is 8.37. The number of anilines is 1. The summed E-state index contributed by atoms with van der Waals surface area (Å²) < 4.78 is 6.05. The zero-order valence-electron chi connectivity index (χ0n) is 17.4. The molecule has 4 heteroatoms. The molecule has 4 nitrogen and oxygen atoms in total. The summed E-state index contributed by atoms with van der Waals surface area (Å²) in [7, 11) is 0. The Balaban J connectivity index is 1.83. The van der Waals surface area contributed by atoms with E-state index in [1.807, 2.05) is 80.6 Å². The molecule has 0 atom stereocenters. The molecule has 30 heavy (non-hydrogen) atoms. The van der Waals surface area contributed by atoms with Crippen molar-refractivity contribution in [3.63, 3.8) is 0 Å². The number of carbonyl (C=O) groups excluding carboxylic acids is 1. The maximum atomic E-state index is 13.2. The van der Waals surface area contributed by atoms with Crippen molar-refractivity contribution in [2.45, 2.75) is 27.2 Å². The highest BCUT2D eigenvalue weighted by atomic mass is 16.3. The van der Waals surface area contributed by atoms with Crippen LogP contribution in [0.1, 0.15) is 34.0 Å². The predicted octanol–water partition coefficient (Wildman–Crippen LogP) is 6.10. The minimum Gasteiger partial charge on any atom is -0.438 e. The SMILES string of the molecule is CCc1cccc(N=c2oc3ccccc3cc2C(=O)Nc2ccc(C)cc2C)c1. The first-order chi connectivity index (χ1) is 14.5. The van der Waals surface area contributed by atoms with Crippen LogP contribution >= 0.6 is 0 Å². The molecule has 0 saturated heterocycles. The lowest BCUT2D eigenvalue weighted by Gasteiger charge is -2.10. The molecule has 1 aromatic heterocycles.